The second kappa shape index (κ2) is 8.03. The summed E-state index contributed by atoms with van der Waals surface area (Å²) in [5, 5.41) is 17.6. The second-order valence-corrected chi connectivity index (χ2v) is 4.00. The lowest BCUT2D eigenvalue weighted by molar-refractivity contribution is 0.395. The summed E-state index contributed by atoms with van der Waals surface area (Å²) in [6.07, 6.45) is 0. The zero-order chi connectivity index (χ0) is 16.5. The van der Waals surface area contributed by atoms with Gasteiger partial charge in [-0.15, -0.1) is 0 Å². The van der Waals surface area contributed by atoms with Crippen LogP contribution in [0.5, 0.6) is 23.0 Å². The van der Waals surface area contributed by atoms with Crippen LogP contribution in [0.3, 0.4) is 0 Å². The highest BCUT2D eigenvalue weighted by Crippen LogP contribution is 2.27. The van der Waals surface area contributed by atoms with E-state index < -0.39 is 0 Å². The molecule has 0 fully saturated rings. The summed E-state index contributed by atoms with van der Waals surface area (Å²) in [4.78, 5) is 6.30. The number of phenolic OH excluding ortho intramolecular Hbond substituents is 2. The first-order chi connectivity index (χ1) is 10.5. The highest BCUT2D eigenvalue weighted by Gasteiger charge is 1.99. The normalized spacial score (nSPS) is 8.73. The maximum absolute atomic E-state index is 8.82. The molecule has 0 heterocycles. The molecule has 0 spiro atoms. The lowest BCUT2D eigenvalue weighted by atomic mass is 10.3. The number of aromatic hydroxyl groups is 2. The molecule has 0 aliphatic carbocycles. The average molecular weight is 298 g/mol. The molecule has 0 atom stereocenters. The van der Waals surface area contributed by atoms with Crippen LogP contribution in [0.25, 0.3) is 9.69 Å². The Balaban J connectivity index is 0.000000224. The number of methoxy groups -OCH3 is 2. The molecule has 0 radical (unpaired) electrons. The van der Waals surface area contributed by atoms with Crippen molar-refractivity contribution in [2.24, 2.45) is 0 Å². The van der Waals surface area contributed by atoms with Gasteiger partial charge in [-0.2, -0.15) is 0 Å². The van der Waals surface area contributed by atoms with E-state index >= 15 is 0 Å². The Kier molecular flexibility index (Phi) is 6.09. The fraction of sp³-hybridized carbons (Fsp3) is 0.125. The Hall–Kier alpha value is -3.38. The van der Waals surface area contributed by atoms with Gasteiger partial charge in [0.25, 0.3) is 0 Å². The molecule has 22 heavy (non-hydrogen) atoms. The number of phenols is 2. The third-order valence-corrected chi connectivity index (χ3v) is 2.48. The highest BCUT2D eigenvalue weighted by molar-refractivity contribution is 5.54. The first-order valence-electron chi connectivity index (χ1n) is 6.03. The summed E-state index contributed by atoms with van der Waals surface area (Å²) < 4.78 is 9.95. The third kappa shape index (κ3) is 4.95. The van der Waals surface area contributed by atoms with Gasteiger partial charge in [-0.1, -0.05) is 0 Å². The fourth-order valence-corrected chi connectivity index (χ4v) is 1.50. The van der Waals surface area contributed by atoms with Crippen LogP contribution in [0, 0.1) is 13.1 Å². The predicted molar refractivity (Wildman–Crippen MR) is 81.8 cm³/mol. The summed E-state index contributed by atoms with van der Waals surface area (Å²) in [5.41, 5.74) is 0.753. The summed E-state index contributed by atoms with van der Waals surface area (Å²) in [7, 11) is 3.12. The maximum atomic E-state index is 8.82. The van der Waals surface area contributed by atoms with Crippen molar-refractivity contribution in [3.63, 3.8) is 0 Å². The van der Waals surface area contributed by atoms with E-state index in [4.69, 9.17) is 32.8 Å². The van der Waals surface area contributed by atoms with Crippen LogP contribution in [0.2, 0.25) is 0 Å². The van der Waals surface area contributed by atoms with Crippen LogP contribution in [0.4, 0.5) is 11.4 Å². The van der Waals surface area contributed by atoms with Crippen molar-refractivity contribution in [1.29, 1.82) is 0 Å². The van der Waals surface area contributed by atoms with E-state index in [1.165, 1.54) is 18.2 Å². The van der Waals surface area contributed by atoms with E-state index in [0.29, 0.717) is 17.2 Å². The van der Waals surface area contributed by atoms with Crippen LogP contribution < -0.4 is 9.47 Å². The molecule has 2 aromatic rings. The Morgan fingerprint density at radius 3 is 1.50 bits per heavy atom. The van der Waals surface area contributed by atoms with Crippen molar-refractivity contribution in [2.75, 3.05) is 14.2 Å². The van der Waals surface area contributed by atoms with Gasteiger partial charge < -0.3 is 19.7 Å². The molecule has 6 nitrogen and oxygen atoms in total. The Morgan fingerprint density at radius 2 is 1.14 bits per heavy atom. The Bertz CT molecular complexity index is 687. The van der Waals surface area contributed by atoms with Crippen LogP contribution in [0.15, 0.2) is 36.4 Å². The lowest BCUT2D eigenvalue weighted by Crippen LogP contribution is -1.85. The largest absolute Gasteiger partial charge is 0.509 e. The van der Waals surface area contributed by atoms with E-state index in [9.17, 15) is 0 Å². The minimum Gasteiger partial charge on any atom is -0.509 e. The molecule has 112 valence electrons. The first-order valence-corrected chi connectivity index (χ1v) is 6.03. The summed E-state index contributed by atoms with van der Waals surface area (Å²) >= 11 is 0. The van der Waals surface area contributed by atoms with Crippen molar-refractivity contribution >= 4 is 11.4 Å². The van der Waals surface area contributed by atoms with Gasteiger partial charge in [0.1, 0.15) is 23.0 Å². The molecule has 0 amide bonds. The SMILES string of the molecule is [C-]#[N+]c1cc(O)cc(O)c1.[C-]#[N+]c1cc(OC)cc(OC)c1. The van der Waals surface area contributed by atoms with Gasteiger partial charge in [-0.25, -0.2) is 9.69 Å². The maximum Gasteiger partial charge on any atom is 0.194 e. The van der Waals surface area contributed by atoms with Crippen LogP contribution in [-0.4, -0.2) is 24.4 Å². The number of hydrogen-bond donors (Lipinski definition) is 2. The average Bonchev–Trinajstić information content (AvgIpc) is 2.53. The molecule has 0 saturated heterocycles. The monoisotopic (exact) mass is 298 g/mol. The van der Waals surface area contributed by atoms with Crippen LogP contribution in [0.1, 0.15) is 0 Å². The zero-order valence-electron chi connectivity index (χ0n) is 12.1. The first kappa shape index (κ1) is 16.7. The number of ether oxygens (including phenoxy) is 2. The standard InChI is InChI=1S/C9H9NO2.C7H5NO2/c1-10-7-4-8(11-2)6-9(5-7)12-3;1-8-5-2-6(9)4-7(10)3-5/h4-6H,2-3H3;2-4,9-10H. The van der Waals surface area contributed by atoms with E-state index in [2.05, 4.69) is 9.69 Å². The number of benzene rings is 2. The predicted octanol–water partition coefficient (Wildman–Crippen LogP) is 3.90. The van der Waals surface area contributed by atoms with E-state index in [1.54, 1.807) is 32.4 Å². The molecule has 2 rings (SSSR count). The van der Waals surface area contributed by atoms with Gasteiger partial charge in [-0.3, -0.25) is 0 Å². The number of hydrogen-bond acceptors (Lipinski definition) is 4. The molecular formula is C16H14N2O4. The zero-order valence-corrected chi connectivity index (χ0v) is 12.1. The van der Waals surface area contributed by atoms with Crippen molar-refractivity contribution in [1.82, 2.24) is 0 Å². The molecule has 0 aliphatic rings. The second-order valence-electron chi connectivity index (χ2n) is 4.00. The Labute approximate surface area is 128 Å². The third-order valence-electron chi connectivity index (χ3n) is 2.48. The van der Waals surface area contributed by atoms with Gasteiger partial charge >= 0.3 is 0 Å². The number of rotatable bonds is 2. The van der Waals surface area contributed by atoms with Gasteiger partial charge in [0.2, 0.25) is 0 Å². The fourth-order valence-electron chi connectivity index (χ4n) is 1.50. The van der Waals surface area contributed by atoms with Gasteiger partial charge in [0, 0.05) is 12.1 Å². The summed E-state index contributed by atoms with van der Waals surface area (Å²) in [5.74, 6) is 1.10. The summed E-state index contributed by atoms with van der Waals surface area (Å²) in [6, 6.07) is 8.80. The molecule has 6 heteroatoms. The van der Waals surface area contributed by atoms with Crippen molar-refractivity contribution < 1.29 is 19.7 Å². The molecule has 0 aliphatic heterocycles. The van der Waals surface area contributed by atoms with Gasteiger partial charge in [-0.05, 0) is 24.3 Å². The van der Waals surface area contributed by atoms with Gasteiger partial charge in [0.05, 0.1) is 27.4 Å². The van der Waals surface area contributed by atoms with Crippen molar-refractivity contribution in [3.05, 3.63) is 59.2 Å². The molecule has 0 aromatic heterocycles. The highest BCUT2D eigenvalue weighted by atomic mass is 16.5. The van der Waals surface area contributed by atoms with E-state index in [-0.39, 0.29) is 17.2 Å². The molecule has 0 saturated carbocycles. The molecule has 2 N–H and O–H groups in total. The smallest absolute Gasteiger partial charge is 0.194 e. The number of nitrogens with zero attached hydrogens (tertiary/aromatic N) is 2. The summed E-state index contributed by atoms with van der Waals surface area (Å²) in [6.45, 7) is 13.3. The van der Waals surface area contributed by atoms with E-state index in [1.807, 2.05) is 0 Å². The van der Waals surface area contributed by atoms with Crippen molar-refractivity contribution in [3.8, 4) is 23.0 Å². The van der Waals surface area contributed by atoms with Crippen LogP contribution in [-0.2, 0) is 0 Å². The lowest BCUT2D eigenvalue weighted by Gasteiger charge is -2.03. The molecule has 0 unspecified atom stereocenters. The minimum atomic E-state index is -0.0917. The van der Waals surface area contributed by atoms with Crippen LogP contribution >= 0.6 is 0 Å². The molecular weight excluding hydrogens is 284 g/mol. The topological polar surface area (TPSA) is 67.6 Å². The Morgan fingerprint density at radius 1 is 0.727 bits per heavy atom. The molecule has 0 bridgehead atoms. The quantitative estimate of drug-likeness (QED) is 0.825. The minimum absolute atomic E-state index is 0.0917. The van der Waals surface area contributed by atoms with Gasteiger partial charge in [0.15, 0.2) is 11.4 Å². The molecule has 2 aromatic carbocycles. The van der Waals surface area contributed by atoms with E-state index in [0.717, 1.165) is 0 Å². The van der Waals surface area contributed by atoms with Crippen molar-refractivity contribution in [2.45, 2.75) is 0 Å².